The lowest BCUT2D eigenvalue weighted by Gasteiger charge is -2.15. The van der Waals surface area contributed by atoms with Crippen LogP contribution in [-0.4, -0.2) is 15.6 Å². The van der Waals surface area contributed by atoms with E-state index in [9.17, 15) is 9.90 Å². The molecule has 3 aromatic rings. The number of rotatable bonds is 3. The van der Waals surface area contributed by atoms with Crippen LogP contribution >= 0.6 is 11.6 Å². The van der Waals surface area contributed by atoms with Gasteiger partial charge in [0.05, 0.1) is 6.04 Å². The van der Waals surface area contributed by atoms with Crippen molar-refractivity contribution >= 4 is 28.4 Å². The number of nitrogens with one attached hydrogen (secondary N) is 1. The zero-order valence-corrected chi connectivity index (χ0v) is 13.6. The molecule has 0 fully saturated rings. The van der Waals surface area contributed by atoms with Crippen LogP contribution in [0.2, 0.25) is 5.02 Å². The van der Waals surface area contributed by atoms with Gasteiger partial charge in [-0.05, 0) is 48.9 Å². The van der Waals surface area contributed by atoms with Crippen molar-refractivity contribution in [1.29, 1.82) is 0 Å². The van der Waals surface area contributed by atoms with Crippen LogP contribution in [0, 0.1) is 0 Å². The highest BCUT2D eigenvalue weighted by atomic mass is 35.5. The molecule has 2 N–H and O–H groups in total. The fourth-order valence-corrected chi connectivity index (χ4v) is 2.87. The van der Waals surface area contributed by atoms with E-state index < -0.39 is 0 Å². The molecular weight excluding hydrogens is 312 g/mol. The molecule has 0 radical (unpaired) electrons. The summed E-state index contributed by atoms with van der Waals surface area (Å²) in [7, 11) is 1.85. The number of halogens is 1. The van der Waals surface area contributed by atoms with E-state index >= 15 is 0 Å². The molecule has 4 nitrogen and oxygen atoms in total. The van der Waals surface area contributed by atoms with E-state index in [1.54, 1.807) is 24.3 Å². The molecule has 0 saturated carbocycles. The summed E-state index contributed by atoms with van der Waals surface area (Å²) in [5.41, 5.74) is 2.36. The Morgan fingerprint density at radius 1 is 1.22 bits per heavy atom. The Labute approximate surface area is 139 Å². The predicted octanol–water partition coefficient (Wildman–Crippen LogP) is 4.03. The van der Waals surface area contributed by atoms with Gasteiger partial charge >= 0.3 is 0 Å². The molecule has 0 aliphatic rings. The molecule has 2 aromatic carbocycles. The number of benzene rings is 2. The van der Waals surface area contributed by atoms with Crippen LogP contribution in [0.3, 0.4) is 0 Å². The van der Waals surface area contributed by atoms with Gasteiger partial charge in [-0.25, -0.2) is 0 Å². The Morgan fingerprint density at radius 2 is 2.00 bits per heavy atom. The molecule has 3 rings (SSSR count). The Balaban J connectivity index is 1.87. The van der Waals surface area contributed by atoms with Gasteiger partial charge in [0.1, 0.15) is 11.4 Å². The summed E-state index contributed by atoms with van der Waals surface area (Å²) in [6.45, 7) is 1.88. The number of hydrogen-bond donors (Lipinski definition) is 2. The Kier molecular flexibility index (Phi) is 4.01. The molecule has 5 heteroatoms. The molecule has 1 amide bonds. The molecule has 0 unspecified atom stereocenters. The summed E-state index contributed by atoms with van der Waals surface area (Å²) < 4.78 is 1.84. The van der Waals surface area contributed by atoms with E-state index in [4.69, 9.17) is 11.6 Å². The van der Waals surface area contributed by atoms with Crippen molar-refractivity contribution in [3.05, 3.63) is 64.8 Å². The van der Waals surface area contributed by atoms with Gasteiger partial charge in [-0.3, -0.25) is 4.79 Å². The van der Waals surface area contributed by atoms with Gasteiger partial charge in [0, 0.05) is 23.0 Å². The zero-order valence-electron chi connectivity index (χ0n) is 12.9. The monoisotopic (exact) mass is 328 g/mol. The molecule has 1 heterocycles. The van der Waals surface area contributed by atoms with Gasteiger partial charge in [0.25, 0.3) is 5.91 Å². The topological polar surface area (TPSA) is 54.3 Å². The predicted molar refractivity (Wildman–Crippen MR) is 91.9 cm³/mol. The van der Waals surface area contributed by atoms with Gasteiger partial charge in [-0.1, -0.05) is 23.7 Å². The van der Waals surface area contributed by atoms with Crippen molar-refractivity contribution in [3.8, 4) is 5.75 Å². The third-order valence-electron chi connectivity index (χ3n) is 3.95. The van der Waals surface area contributed by atoms with Crippen molar-refractivity contribution in [2.45, 2.75) is 13.0 Å². The van der Waals surface area contributed by atoms with Crippen LogP contribution in [0.25, 0.3) is 10.9 Å². The molecule has 0 saturated heterocycles. The summed E-state index contributed by atoms with van der Waals surface area (Å²) in [4.78, 5) is 12.6. The van der Waals surface area contributed by atoms with Gasteiger partial charge in [-0.15, -0.1) is 0 Å². The number of amides is 1. The zero-order chi connectivity index (χ0) is 16.6. The van der Waals surface area contributed by atoms with Crippen LogP contribution < -0.4 is 5.32 Å². The number of carbonyl (C=O) groups is 1. The third kappa shape index (κ3) is 3.03. The van der Waals surface area contributed by atoms with Crippen molar-refractivity contribution in [2.24, 2.45) is 7.05 Å². The average Bonchev–Trinajstić information content (AvgIpc) is 2.83. The van der Waals surface area contributed by atoms with Crippen molar-refractivity contribution in [3.63, 3.8) is 0 Å². The number of aromatic hydroxyl groups is 1. The molecule has 1 atom stereocenters. The number of fused-ring (bicyclic) bond motifs is 1. The first kappa shape index (κ1) is 15.4. The maximum absolute atomic E-state index is 12.6. The minimum atomic E-state index is -0.212. The maximum Gasteiger partial charge on any atom is 0.268 e. The minimum absolute atomic E-state index is 0.171. The first-order valence-electron chi connectivity index (χ1n) is 7.30. The fourth-order valence-electron chi connectivity index (χ4n) is 2.69. The molecular formula is C18H17ClN2O2. The molecule has 0 aliphatic carbocycles. The number of aromatic nitrogens is 1. The fraction of sp³-hybridized carbons (Fsp3) is 0.167. The van der Waals surface area contributed by atoms with Crippen LogP contribution in [0.1, 0.15) is 29.0 Å². The summed E-state index contributed by atoms with van der Waals surface area (Å²) in [5.74, 6) is 0.0125. The second kappa shape index (κ2) is 5.97. The summed E-state index contributed by atoms with van der Waals surface area (Å²) in [5, 5.41) is 14.1. The molecule has 0 aliphatic heterocycles. The van der Waals surface area contributed by atoms with Gasteiger partial charge in [-0.2, -0.15) is 0 Å². The first-order valence-corrected chi connectivity index (χ1v) is 7.68. The van der Waals surface area contributed by atoms with E-state index in [-0.39, 0.29) is 17.7 Å². The largest absolute Gasteiger partial charge is 0.508 e. The number of carbonyl (C=O) groups excluding carboxylic acids is 1. The third-order valence-corrected chi connectivity index (χ3v) is 4.19. The standard InChI is InChI=1S/C18H17ClN2O2/c1-11(12-4-3-5-15(22)9-12)20-18(23)17-10-13-8-14(19)6-7-16(13)21(17)2/h3-11,22H,1-2H3,(H,20,23)/t11-/m0/s1. The Hall–Kier alpha value is -2.46. The number of phenols is 1. The maximum atomic E-state index is 12.6. The van der Waals surface area contributed by atoms with Gasteiger partial charge in [0.15, 0.2) is 0 Å². The SMILES string of the molecule is C[C@H](NC(=O)c1cc2cc(Cl)ccc2n1C)c1cccc(O)c1. The van der Waals surface area contributed by atoms with E-state index in [2.05, 4.69) is 5.32 Å². The van der Waals surface area contributed by atoms with Crippen molar-refractivity contribution in [1.82, 2.24) is 9.88 Å². The second-order valence-electron chi connectivity index (χ2n) is 5.58. The lowest BCUT2D eigenvalue weighted by atomic mass is 10.1. The van der Waals surface area contributed by atoms with Gasteiger partial charge in [0.2, 0.25) is 0 Å². The minimum Gasteiger partial charge on any atom is -0.508 e. The van der Waals surface area contributed by atoms with Crippen molar-refractivity contribution in [2.75, 3.05) is 0 Å². The van der Waals surface area contributed by atoms with Crippen LogP contribution in [0.15, 0.2) is 48.5 Å². The molecule has 0 spiro atoms. The van der Waals surface area contributed by atoms with Gasteiger partial charge < -0.3 is 15.0 Å². The lowest BCUT2D eigenvalue weighted by molar-refractivity contribution is 0.0932. The highest BCUT2D eigenvalue weighted by Gasteiger charge is 2.16. The lowest BCUT2D eigenvalue weighted by Crippen LogP contribution is -2.28. The van der Waals surface area contributed by atoms with Crippen LogP contribution in [-0.2, 0) is 7.05 Å². The van der Waals surface area contributed by atoms with Crippen LogP contribution in [0.5, 0.6) is 5.75 Å². The quantitative estimate of drug-likeness (QED) is 0.762. The van der Waals surface area contributed by atoms with E-state index in [1.807, 2.05) is 42.8 Å². The Morgan fingerprint density at radius 3 is 2.74 bits per heavy atom. The second-order valence-corrected chi connectivity index (χ2v) is 6.02. The van der Waals surface area contributed by atoms with E-state index in [0.717, 1.165) is 16.5 Å². The molecule has 118 valence electrons. The Bertz CT molecular complexity index is 886. The molecule has 0 bridgehead atoms. The number of nitrogens with zero attached hydrogens (tertiary/aromatic N) is 1. The number of phenolic OH excluding ortho intramolecular Hbond substituents is 1. The summed E-state index contributed by atoms with van der Waals surface area (Å²) in [6, 6.07) is 14.0. The van der Waals surface area contributed by atoms with E-state index in [0.29, 0.717) is 10.7 Å². The molecule has 23 heavy (non-hydrogen) atoms. The normalized spacial score (nSPS) is 12.3. The molecule has 1 aromatic heterocycles. The summed E-state index contributed by atoms with van der Waals surface area (Å²) in [6.07, 6.45) is 0. The highest BCUT2D eigenvalue weighted by Crippen LogP contribution is 2.23. The summed E-state index contributed by atoms with van der Waals surface area (Å²) >= 11 is 6.01. The highest BCUT2D eigenvalue weighted by molar-refractivity contribution is 6.31. The van der Waals surface area contributed by atoms with E-state index in [1.165, 1.54) is 0 Å². The van der Waals surface area contributed by atoms with Crippen molar-refractivity contribution < 1.29 is 9.90 Å². The number of aryl methyl sites for hydroxylation is 1. The average molecular weight is 329 g/mol. The first-order chi connectivity index (χ1) is 11.0. The van der Waals surface area contributed by atoms with Crippen LogP contribution in [0.4, 0.5) is 0 Å². The number of hydrogen-bond acceptors (Lipinski definition) is 2. The smallest absolute Gasteiger partial charge is 0.268 e.